The first-order valence-electron chi connectivity index (χ1n) is 8.36. The number of nitrogens with one attached hydrogen (secondary N) is 1. The maximum Gasteiger partial charge on any atom is 0.250 e. The van der Waals surface area contributed by atoms with Gasteiger partial charge in [-0.15, -0.1) is 10.2 Å². The smallest absolute Gasteiger partial charge is 0.250 e. The zero-order valence-corrected chi connectivity index (χ0v) is 14.1. The Hall–Kier alpha value is -3.54. The van der Waals surface area contributed by atoms with E-state index in [0.717, 1.165) is 5.56 Å². The molecule has 0 fully saturated rings. The number of anilines is 1. The maximum atomic E-state index is 14.0. The minimum atomic E-state index is -0.513. The molecule has 0 spiro atoms. The summed E-state index contributed by atoms with van der Waals surface area (Å²) in [7, 11) is 0. The van der Waals surface area contributed by atoms with Crippen LogP contribution in [0, 0.1) is 11.6 Å². The minimum Gasteiger partial charge on any atom is -0.418 e. The van der Waals surface area contributed by atoms with Crippen LogP contribution in [0.5, 0.6) is 0 Å². The Morgan fingerprint density at radius 3 is 2.37 bits per heavy atom. The van der Waals surface area contributed by atoms with Gasteiger partial charge in [-0.25, -0.2) is 8.78 Å². The minimum absolute atomic E-state index is 0.0880. The van der Waals surface area contributed by atoms with Crippen LogP contribution >= 0.6 is 0 Å². The summed E-state index contributed by atoms with van der Waals surface area (Å²) in [4.78, 5) is 0. The summed E-state index contributed by atoms with van der Waals surface area (Å²) in [6.07, 6.45) is 0. The van der Waals surface area contributed by atoms with E-state index in [1.165, 1.54) is 18.2 Å². The van der Waals surface area contributed by atoms with Crippen molar-refractivity contribution >= 4 is 5.69 Å². The van der Waals surface area contributed by atoms with Gasteiger partial charge in [0.05, 0.1) is 5.56 Å². The Balaban J connectivity index is 1.72. The molecule has 27 heavy (non-hydrogen) atoms. The molecule has 1 aromatic heterocycles. The van der Waals surface area contributed by atoms with Gasteiger partial charge >= 0.3 is 0 Å². The van der Waals surface area contributed by atoms with Gasteiger partial charge in [0, 0.05) is 5.69 Å². The standard InChI is InChI=1S/C21H15F2N3O/c22-15-9-6-10-16(13-15)24-19(14-7-2-1-3-8-14)21-26-25-20(27-21)17-11-4-5-12-18(17)23/h1-13,19,24H/t19-/m0/s1. The van der Waals surface area contributed by atoms with Gasteiger partial charge < -0.3 is 9.73 Å². The van der Waals surface area contributed by atoms with E-state index in [1.54, 1.807) is 30.3 Å². The van der Waals surface area contributed by atoms with Crippen molar-refractivity contribution in [3.05, 3.63) is 102 Å². The number of aromatic nitrogens is 2. The first-order chi connectivity index (χ1) is 13.2. The molecule has 4 rings (SSSR count). The molecular formula is C21H15F2N3O. The van der Waals surface area contributed by atoms with Crippen LogP contribution in [-0.4, -0.2) is 10.2 Å². The van der Waals surface area contributed by atoms with E-state index >= 15 is 0 Å². The summed E-state index contributed by atoms with van der Waals surface area (Å²) in [6, 6.07) is 21.2. The maximum absolute atomic E-state index is 14.0. The molecule has 0 saturated carbocycles. The molecule has 0 amide bonds. The van der Waals surface area contributed by atoms with Crippen LogP contribution < -0.4 is 5.32 Å². The highest BCUT2D eigenvalue weighted by atomic mass is 19.1. The predicted molar refractivity (Wildman–Crippen MR) is 98.0 cm³/mol. The van der Waals surface area contributed by atoms with Crippen molar-refractivity contribution in [2.45, 2.75) is 6.04 Å². The second-order valence-corrected chi connectivity index (χ2v) is 5.92. The van der Waals surface area contributed by atoms with Gasteiger partial charge in [-0.05, 0) is 35.9 Å². The second kappa shape index (κ2) is 7.37. The number of hydrogen-bond acceptors (Lipinski definition) is 4. The van der Waals surface area contributed by atoms with Gasteiger partial charge in [0.25, 0.3) is 5.89 Å². The molecule has 4 nitrogen and oxygen atoms in total. The van der Waals surface area contributed by atoms with Crippen molar-refractivity contribution in [1.29, 1.82) is 0 Å². The first kappa shape index (κ1) is 16.9. The number of benzene rings is 3. The zero-order valence-electron chi connectivity index (χ0n) is 14.1. The fourth-order valence-electron chi connectivity index (χ4n) is 2.77. The van der Waals surface area contributed by atoms with Gasteiger partial charge in [0.15, 0.2) is 0 Å². The molecule has 4 aromatic rings. The Labute approximate surface area is 154 Å². The highest BCUT2D eigenvalue weighted by Crippen LogP contribution is 2.29. The van der Waals surface area contributed by atoms with Crippen molar-refractivity contribution in [3.63, 3.8) is 0 Å². The topological polar surface area (TPSA) is 51.0 Å². The summed E-state index contributed by atoms with van der Waals surface area (Å²) in [6.45, 7) is 0. The van der Waals surface area contributed by atoms with E-state index < -0.39 is 11.9 Å². The van der Waals surface area contributed by atoms with E-state index in [2.05, 4.69) is 15.5 Å². The highest BCUT2D eigenvalue weighted by molar-refractivity contribution is 5.54. The van der Waals surface area contributed by atoms with Gasteiger partial charge in [0.1, 0.15) is 17.7 Å². The molecule has 0 bridgehead atoms. The van der Waals surface area contributed by atoms with E-state index in [0.29, 0.717) is 5.69 Å². The quantitative estimate of drug-likeness (QED) is 0.528. The number of hydrogen-bond donors (Lipinski definition) is 1. The Morgan fingerprint density at radius 1 is 0.815 bits per heavy atom. The molecule has 0 radical (unpaired) electrons. The van der Waals surface area contributed by atoms with Crippen LogP contribution in [0.3, 0.4) is 0 Å². The average Bonchev–Trinajstić information content (AvgIpc) is 3.17. The van der Waals surface area contributed by atoms with Gasteiger partial charge in [-0.2, -0.15) is 0 Å². The third kappa shape index (κ3) is 3.69. The molecule has 0 aliphatic rings. The van der Waals surface area contributed by atoms with Crippen LogP contribution in [0.1, 0.15) is 17.5 Å². The molecular weight excluding hydrogens is 348 g/mol. The number of nitrogens with zero attached hydrogens (tertiary/aromatic N) is 2. The third-order valence-corrected chi connectivity index (χ3v) is 4.06. The molecule has 0 saturated heterocycles. The van der Waals surface area contributed by atoms with Crippen LogP contribution in [0.25, 0.3) is 11.5 Å². The fourth-order valence-corrected chi connectivity index (χ4v) is 2.77. The average molecular weight is 363 g/mol. The van der Waals surface area contributed by atoms with Crippen LogP contribution in [-0.2, 0) is 0 Å². The SMILES string of the molecule is Fc1cccc(N[C@@H](c2ccccc2)c2nnc(-c3ccccc3F)o2)c1. The normalized spacial score (nSPS) is 11.9. The lowest BCUT2D eigenvalue weighted by atomic mass is 10.1. The second-order valence-electron chi connectivity index (χ2n) is 5.92. The Bertz CT molecular complexity index is 1050. The van der Waals surface area contributed by atoms with Gasteiger partial charge in [0.2, 0.25) is 5.89 Å². The lowest BCUT2D eigenvalue weighted by Crippen LogP contribution is -2.13. The lowest BCUT2D eigenvalue weighted by molar-refractivity contribution is 0.490. The van der Waals surface area contributed by atoms with Crippen molar-refractivity contribution in [3.8, 4) is 11.5 Å². The molecule has 1 atom stereocenters. The predicted octanol–water partition coefficient (Wildman–Crippen LogP) is 5.22. The fraction of sp³-hybridized carbons (Fsp3) is 0.0476. The molecule has 134 valence electrons. The molecule has 1 N–H and O–H groups in total. The molecule has 0 unspecified atom stereocenters. The van der Waals surface area contributed by atoms with E-state index in [1.807, 2.05) is 30.3 Å². The Kier molecular flexibility index (Phi) is 4.61. The van der Waals surface area contributed by atoms with Crippen LogP contribution in [0.2, 0.25) is 0 Å². The largest absolute Gasteiger partial charge is 0.418 e. The molecule has 0 aliphatic heterocycles. The van der Waals surface area contributed by atoms with Gasteiger partial charge in [-0.1, -0.05) is 48.5 Å². The summed E-state index contributed by atoms with van der Waals surface area (Å²) >= 11 is 0. The summed E-state index contributed by atoms with van der Waals surface area (Å²) in [5.41, 5.74) is 1.65. The zero-order chi connectivity index (χ0) is 18.6. The van der Waals surface area contributed by atoms with Crippen molar-refractivity contribution in [2.24, 2.45) is 0 Å². The molecule has 3 aromatic carbocycles. The first-order valence-corrected chi connectivity index (χ1v) is 8.36. The highest BCUT2D eigenvalue weighted by Gasteiger charge is 2.22. The van der Waals surface area contributed by atoms with Crippen molar-refractivity contribution in [2.75, 3.05) is 5.32 Å². The lowest BCUT2D eigenvalue weighted by Gasteiger charge is -2.17. The van der Waals surface area contributed by atoms with E-state index in [-0.39, 0.29) is 23.2 Å². The molecule has 1 heterocycles. The molecule has 0 aliphatic carbocycles. The third-order valence-electron chi connectivity index (χ3n) is 4.06. The van der Waals surface area contributed by atoms with E-state index in [4.69, 9.17) is 4.42 Å². The summed E-state index contributed by atoms with van der Waals surface area (Å²) < 4.78 is 33.3. The number of rotatable bonds is 5. The Morgan fingerprint density at radius 2 is 1.59 bits per heavy atom. The van der Waals surface area contributed by atoms with Gasteiger partial charge in [-0.3, -0.25) is 0 Å². The summed E-state index contributed by atoms with van der Waals surface area (Å²) in [5, 5.41) is 11.3. The molecule has 6 heteroatoms. The van der Waals surface area contributed by atoms with Crippen LogP contribution in [0.15, 0.2) is 83.3 Å². The van der Waals surface area contributed by atoms with Crippen LogP contribution in [0.4, 0.5) is 14.5 Å². The van der Waals surface area contributed by atoms with E-state index in [9.17, 15) is 8.78 Å². The monoisotopic (exact) mass is 363 g/mol. The van der Waals surface area contributed by atoms with Crippen molar-refractivity contribution in [1.82, 2.24) is 10.2 Å². The van der Waals surface area contributed by atoms with Crippen molar-refractivity contribution < 1.29 is 13.2 Å². The summed E-state index contributed by atoms with van der Waals surface area (Å²) in [5.74, 6) is -0.458. The number of halogens is 2.